The number of hydrogen-bond donors (Lipinski definition) is 2. The molecule has 8 heteroatoms. The monoisotopic (exact) mass is 264 g/mol. The predicted octanol–water partition coefficient (Wildman–Crippen LogP) is 0.130. The number of hydrazine groups is 1. The summed E-state index contributed by atoms with van der Waals surface area (Å²) in [6.45, 7) is 0. The highest BCUT2D eigenvalue weighted by atomic mass is 32.2. The average molecular weight is 264 g/mol. The SMILES string of the molecule is CN(C)NS(=O)(=O)c1ccc(CC(=O)O)s1. The second-order valence-corrected chi connectivity index (χ2v) is 6.34. The number of aliphatic carboxylic acids is 1. The minimum Gasteiger partial charge on any atom is -0.481 e. The summed E-state index contributed by atoms with van der Waals surface area (Å²) < 4.78 is 23.4. The quantitative estimate of drug-likeness (QED) is 0.738. The summed E-state index contributed by atoms with van der Waals surface area (Å²) in [5.41, 5.74) is 0. The lowest BCUT2D eigenvalue weighted by atomic mass is 10.3. The normalized spacial score (nSPS) is 11.9. The lowest BCUT2D eigenvalue weighted by Crippen LogP contribution is -2.35. The van der Waals surface area contributed by atoms with Crippen LogP contribution in [0, 0.1) is 0 Å². The molecule has 0 bridgehead atoms. The van der Waals surface area contributed by atoms with E-state index in [1.54, 1.807) is 14.1 Å². The molecule has 0 fully saturated rings. The van der Waals surface area contributed by atoms with Gasteiger partial charge < -0.3 is 5.11 Å². The van der Waals surface area contributed by atoms with Crippen LogP contribution < -0.4 is 4.83 Å². The summed E-state index contributed by atoms with van der Waals surface area (Å²) in [7, 11) is -0.455. The van der Waals surface area contributed by atoms with Gasteiger partial charge in [-0.15, -0.1) is 16.2 Å². The molecule has 1 aromatic heterocycles. The Morgan fingerprint density at radius 2 is 2.12 bits per heavy atom. The van der Waals surface area contributed by atoms with E-state index in [1.807, 2.05) is 0 Å². The molecule has 0 aliphatic rings. The first kappa shape index (κ1) is 13.1. The van der Waals surface area contributed by atoms with E-state index in [0.29, 0.717) is 4.88 Å². The van der Waals surface area contributed by atoms with Crippen LogP contribution in [-0.4, -0.2) is 38.6 Å². The number of sulfonamides is 1. The van der Waals surface area contributed by atoms with Crippen LogP contribution in [0.15, 0.2) is 16.3 Å². The van der Waals surface area contributed by atoms with E-state index in [9.17, 15) is 13.2 Å². The fourth-order valence-corrected chi connectivity index (χ4v) is 3.45. The van der Waals surface area contributed by atoms with E-state index >= 15 is 0 Å². The van der Waals surface area contributed by atoms with Gasteiger partial charge in [-0.25, -0.2) is 13.4 Å². The zero-order chi connectivity index (χ0) is 12.3. The van der Waals surface area contributed by atoms with Crippen molar-refractivity contribution in [2.75, 3.05) is 14.1 Å². The summed E-state index contributed by atoms with van der Waals surface area (Å²) in [5, 5.41) is 9.87. The zero-order valence-corrected chi connectivity index (χ0v) is 10.4. The van der Waals surface area contributed by atoms with Gasteiger partial charge in [0.05, 0.1) is 6.42 Å². The average Bonchev–Trinajstić information content (AvgIpc) is 2.49. The van der Waals surface area contributed by atoms with Crippen molar-refractivity contribution in [3.63, 3.8) is 0 Å². The molecular weight excluding hydrogens is 252 g/mol. The van der Waals surface area contributed by atoms with Crippen molar-refractivity contribution in [3.8, 4) is 0 Å². The van der Waals surface area contributed by atoms with Crippen molar-refractivity contribution in [3.05, 3.63) is 17.0 Å². The van der Waals surface area contributed by atoms with E-state index < -0.39 is 16.0 Å². The van der Waals surface area contributed by atoms with Crippen LogP contribution >= 0.6 is 11.3 Å². The van der Waals surface area contributed by atoms with Crippen molar-refractivity contribution in [1.29, 1.82) is 0 Å². The minimum atomic E-state index is -3.57. The Morgan fingerprint density at radius 3 is 2.62 bits per heavy atom. The lowest BCUT2D eigenvalue weighted by molar-refractivity contribution is -0.136. The van der Waals surface area contributed by atoms with Gasteiger partial charge in [0.1, 0.15) is 4.21 Å². The first-order chi connectivity index (χ1) is 7.31. The van der Waals surface area contributed by atoms with Gasteiger partial charge in [0.15, 0.2) is 0 Å². The van der Waals surface area contributed by atoms with Gasteiger partial charge in [-0.1, -0.05) is 0 Å². The first-order valence-corrected chi connectivity index (χ1v) is 6.61. The number of carboxylic acid groups (broad SMARTS) is 1. The highest BCUT2D eigenvalue weighted by Gasteiger charge is 2.17. The van der Waals surface area contributed by atoms with Gasteiger partial charge >= 0.3 is 5.97 Å². The van der Waals surface area contributed by atoms with Crippen LogP contribution in [0.2, 0.25) is 0 Å². The topological polar surface area (TPSA) is 86.7 Å². The van der Waals surface area contributed by atoms with Crippen molar-refractivity contribution < 1.29 is 18.3 Å². The van der Waals surface area contributed by atoms with Crippen molar-refractivity contribution in [1.82, 2.24) is 9.84 Å². The molecule has 16 heavy (non-hydrogen) atoms. The number of rotatable bonds is 5. The van der Waals surface area contributed by atoms with Crippen LogP contribution in [0.3, 0.4) is 0 Å². The van der Waals surface area contributed by atoms with Crippen LogP contribution in [0.1, 0.15) is 4.88 Å². The zero-order valence-electron chi connectivity index (χ0n) is 8.80. The second-order valence-electron chi connectivity index (χ2n) is 3.28. The standard InChI is InChI=1S/C8H12N2O4S2/c1-10(2)9-16(13,14)8-4-3-6(15-8)5-7(11)12/h3-4,9H,5H2,1-2H3,(H,11,12). The minimum absolute atomic E-state index is 0.109. The van der Waals surface area contributed by atoms with Gasteiger partial charge in [0.25, 0.3) is 10.0 Å². The van der Waals surface area contributed by atoms with Crippen LogP contribution in [0.25, 0.3) is 0 Å². The molecule has 1 aromatic rings. The Bertz CT molecular complexity index is 478. The fraction of sp³-hybridized carbons (Fsp3) is 0.375. The van der Waals surface area contributed by atoms with Gasteiger partial charge in [0.2, 0.25) is 0 Å². The Morgan fingerprint density at radius 1 is 1.50 bits per heavy atom. The van der Waals surface area contributed by atoms with E-state index in [-0.39, 0.29) is 10.6 Å². The number of nitrogens with one attached hydrogen (secondary N) is 1. The van der Waals surface area contributed by atoms with Crippen molar-refractivity contribution in [2.45, 2.75) is 10.6 Å². The largest absolute Gasteiger partial charge is 0.481 e. The van der Waals surface area contributed by atoms with Gasteiger partial charge in [-0.05, 0) is 12.1 Å². The Balaban J connectivity index is 2.89. The molecular formula is C8H12N2O4S2. The van der Waals surface area contributed by atoms with Crippen LogP contribution in [-0.2, 0) is 21.2 Å². The molecule has 0 aromatic carbocycles. The van der Waals surface area contributed by atoms with E-state index in [4.69, 9.17) is 5.11 Å². The molecule has 0 aliphatic carbocycles. The highest BCUT2D eigenvalue weighted by Crippen LogP contribution is 2.21. The van der Waals surface area contributed by atoms with Crippen molar-refractivity contribution in [2.24, 2.45) is 0 Å². The van der Waals surface area contributed by atoms with Crippen molar-refractivity contribution >= 4 is 27.3 Å². The second kappa shape index (κ2) is 4.91. The number of carboxylic acids is 1. The number of hydrogen-bond acceptors (Lipinski definition) is 5. The van der Waals surface area contributed by atoms with E-state index in [0.717, 1.165) is 11.3 Å². The number of thiophene rings is 1. The molecule has 2 N–H and O–H groups in total. The van der Waals surface area contributed by atoms with Gasteiger partial charge in [-0.2, -0.15) is 0 Å². The number of nitrogens with zero attached hydrogens (tertiary/aromatic N) is 1. The molecule has 0 radical (unpaired) electrons. The Labute approximate surface area is 97.5 Å². The third-order valence-corrected chi connectivity index (χ3v) is 4.59. The summed E-state index contributed by atoms with van der Waals surface area (Å²) in [6.07, 6.45) is -0.165. The maximum atomic E-state index is 11.7. The first-order valence-electron chi connectivity index (χ1n) is 4.31. The predicted molar refractivity (Wildman–Crippen MR) is 59.7 cm³/mol. The maximum Gasteiger partial charge on any atom is 0.308 e. The van der Waals surface area contributed by atoms with Gasteiger partial charge in [-0.3, -0.25) is 4.79 Å². The highest BCUT2D eigenvalue weighted by molar-refractivity contribution is 7.91. The summed E-state index contributed by atoms with van der Waals surface area (Å²) >= 11 is 0.952. The molecule has 0 saturated heterocycles. The van der Waals surface area contributed by atoms with Crippen LogP contribution in [0.4, 0.5) is 0 Å². The number of carbonyl (C=O) groups is 1. The smallest absolute Gasteiger partial charge is 0.308 e. The summed E-state index contributed by atoms with van der Waals surface area (Å²) in [6, 6.07) is 2.90. The molecule has 0 amide bonds. The third-order valence-electron chi connectivity index (χ3n) is 1.53. The molecule has 0 saturated carbocycles. The Kier molecular flexibility index (Phi) is 4.03. The summed E-state index contributed by atoms with van der Waals surface area (Å²) in [4.78, 5) is 13.2. The molecule has 0 spiro atoms. The third kappa shape index (κ3) is 3.56. The maximum absolute atomic E-state index is 11.7. The molecule has 0 aliphatic heterocycles. The molecule has 0 unspecified atom stereocenters. The lowest BCUT2D eigenvalue weighted by Gasteiger charge is -2.10. The van der Waals surface area contributed by atoms with Crippen LogP contribution in [0.5, 0.6) is 0 Å². The van der Waals surface area contributed by atoms with Gasteiger partial charge in [0, 0.05) is 19.0 Å². The molecule has 0 atom stereocenters. The molecule has 6 nitrogen and oxygen atoms in total. The summed E-state index contributed by atoms with van der Waals surface area (Å²) in [5.74, 6) is -0.980. The fourth-order valence-electron chi connectivity index (χ4n) is 1.03. The van der Waals surface area contributed by atoms with E-state index in [2.05, 4.69) is 4.83 Å². The molecule has 1 heterocycles. The Hall–Kier alpha value is -0.960. The molecule has 90 valence electrons. The molecule has 1 rings (SSSR count). The van der Waals surface area contributed by atoms with E-state index in [1.165, 1.54) is 17.1 Å².